The lowest BCUT2D eigenvalue weighted by molar-refractivity contribution is -0.275. The third-order valence-electron chi connectivity index (χ3n) is 3.05. The van der Waals surface area contributed by atoms with Crippen LogP contribution >= 0.6 is 12.4 Å². The quantitative estimate of drug-likeness (QED) is 0.843. The summed E-state index contributed by atoms with van der Waals surface area (Å²) in [6, 6.07) is 4.65. The lowest BCUT2D eigenvalue weighted by atomic mass is 10.2. The maximum Gasteiger partial charge on any atom is 0.573 e. The van der Waals surface area contributed by atoms with Gasteiger partial charge >= 0.3 is 6.36 Å². The Labute approximate surface area is 132 Å². The molecular weight excluding hydrogens is 345 g/mol. The van der Waals surface area contributed by atoms with Crippen LogP contribution in [0.15, 0.2) is 29.2 Å². The second-order valence-corrected chi connectivity index (χ2v) is 6.38. The molecule has 1 fully saturated rings. The molecule has 1 aliphatic heterocycles. The molecule has 0 aliphatic carbocycles. The van der Waals surface area contributed by atoms with E-state index in [-0.39, 0.29) is 25.0 Å². The van der Waals surface area contributed by atoms with Crippen molar-refractivity contribution in [1.82, 2.24) is 10.0 Å². The number of nitrogens with one attached hydrogen (secondary N) is 2. The maximum atomic E-state index is 12.3. The van der Waals surface area contributed by atoms with Crippen LogP contribution in [0.25, 0.3) is 0 Å². The molecule has 0 bridgehead atoms. The highest BCUT2D eigenvalue weighted by Crippen LogP contribution is 2.29. The van der Waals surface area contributed by atoms with Gasteiger partial charge in [-0.25, -0.2) is 13.1 Å². The van der Waals surface area contributed by atoms with Crippen LogP contribution in [0.1, 0.15) is 12.8 Å². The predicted molar refractivity (Wildman–Crippen MR) is 76.6 cm³/mol. The lowest BCUT2D eigenvalue weighted by Gasteiger charge is -2.15. The summed E-state index contributed by atoms with van der Waals surface area (Å²) >= 11 is 0. The number of halogens is 4. The Kier molecular flexibility index (Phi) is 6.48. The van der Waals surface area contributed by atoms with E-state index < -0.39 is 27.0 Å². The van der Waals surface area contributed by atoms with Crippen LogP contribution < -0.4 is 14.8 Å². The van der Waals surface area contributed by atoms with Gasteiger partial charge in [0.2, 0.25) is 10.0 Å². The van der Waals surface area contributed by atoms with E-state index in [0.29, 0.717) is 0 Å². The first-order valence-corrected chi connectivity index (χ1v) is 7.84. The molecule has 0 aromatic heterocycles. The third kappa shape index (κ3) is 5.31. The highest BCUT2D eigenvalue weighted by Gasteiger charge is 2.34. The first-order chi connectivity index (χ1) is 9.78. The summed E-state index contributed by atoms with van der Waals surface area (Å²) in [4.78, 5) is -0.527. The fourth-order valence-corrected chi connectivity index (χ4v) is 3.31. The maximum absolute atomic E-state index is 12.3. The predicted octanol–water partition coefficient (Wildman–Crippen LogP) is 2.04. The van der Waals surface area contributed by atoms with Gasteiger partial charge in [-0.05, 0) is 31.5 Å². The van der Waals surface area contributed by atoms with Gasteiger partial charge in [-0.3, -0.25) is 0 Å². The highest BCUT2D eigenvalue weighted by atomic mass is 35.5. The molecule has 0 saturated carbocycles. The molecular formula is C12H16ClF3N2O3S. The van der Waals surface area contributed by atoms with Gasteiger partial charge < -0.3 is 10.1 Å². The number of hydrogen-bond acceptors (Lipinski definition) is 4. The van der Waals surface area contributed by atoms with Crippen molar-refractivity contribution in [2.75, 3.05) is 13.1 Å². The van der Waals surface area contributed by atoms with E-state index in [1.54, 1.807) is 0 Å². The van der Waals surface area contributed by atoms with E-state index in [9.17, 15) is 21.6 Å². The van der Waals surface area contributed by atoms with E-state index in [0.717, 1.165) is 31.5 Å². The van der Waals surface area contributed by atoms with Crippen LogP contribution in [0, 0.1) is 0 Å². The Balaban J connectivity index is 0.00000242. The standard InChI is InChI=1S/C12H15F3N2O3S.ClH/c13-12(14,15)20-10-5-1-2-6-11(10)21(18,19)17-8-9-4-3-7-16-9;/h1-2,5-6,9,16-17H,3-4,7-8H2;1H. The SMILES string of the molecule is Cl.O=S(=O)(NCC1CCCN1)c1ccccc1OC(F)(F)F. The molecule has 10 heteroatoms. The molecule has 0 amide bonds. The smallest absolute Gasteiger partial charge is 0.404 e. The molecule has 0 spiro atoms. The molecule has 0 radical (unpaired) electrons. The molecule has 1 heterocycles. The second-order valence-electron chi connectivity index (χ2n) is 4.64. The number of alkyl halides is 3. The van der Waals surface area contributed by atoms with Crippen molar-refractivity contribution in [1.29, 1.82) is 0 Å². The molecule has 22 heavy (non-hydrogen) atoms. The number of para-hydroxylation sites is 1. The van der Waals surface area contributed by atoms with E-state index in [4.69, 9.17) is 0 Å². The molecule has 1 saturated heterocycles. The summed E-state index contributed by atoms with van der Waals surface area (Å²) < 4.78 is 67.2. The van der Waals surface area contributed by atoms with Crippen LogP contribution in [-0.2, 0) is 10.0 Å². The molecule has 2 rings (SSSR count). The van der Waals surface area contributed by atoms with Crippen LogP contribution in [-0.4, -0.2) is 33.9 Å². The van der Waals surface area contributed by atoms with Gasteiger partial charge in [-0.15, -0.1) is 25.6 Å². The number of benzene rings is 1. The van der Waals surface area contributed by atoms with Gasteiger partial charge in [-0.2, -0.15) is 0 Å². The van der Waals surface area contributed by atoms with Gasteiger partial charge in [0, 0.05) is 12.6 Å². The van der Waals surface area contributed by atoms with Crippen molar-refractivity contribution < 1.29 is 26.3 Å². The minimum absolute atomic E-state index is 0. The zero-order valence-corrected chi connectivity index (χ0v) is 13.0. The lowest BCUT2D eigenvalue weighted by Crippen LogP contribution is -2.37. The topological polar surface area (TPSA) is 67.4 Å². The van der Waals surface area contributed by atoms with Crippen LogP contribution in [0.4, 0.5) is 13.2 Å². The zero-order chi connectivity index (χ0) is 15.5. The molecule has 1 unspecified atom stereocenters. The van der Waals surface area contributed by atoms with Crippen molar-refractivity contribution in [3.63, 3.8) is 0 Å². The first-order valence-electron chi connectivity index (χ1n) is 6.36. The van der Waals surface area contributed by atoms with E-state index >= 15 is 0 Å². The van der Waals surface area contributed by atoms with Crippen molar-refractivity contribution in [3.8, 4) is 5.75 Å². The molecule has 1 aromatic carbocycles. The molecule has 5 nitrogen and oxygen atoms in total. The average Bonchev–Trinajstić information content (AvgIpc) is 2.88. The fourth-order valence-electron chi connectivity index (χ4n) is 2.10. The largest absolute Gasteiger partial charge is 0.573 e. The summed E-state index contributed by atoms with van der Waals surface area (Å²) in [6.07, 6.45) is -3.18. The normalized spacial score (nSPS) is 18.8. The summed E-state index contributed by atoms with van der Waals surface area (Å²) in [6.45, 7) is 0.933. The molecule has 2 N–H and O–H groups in total. The van der Waals surface area contributed by atoms with E-state index in [2.05, 4.69) is 14.8 Å². The zero-order valence-electron chi connectivity index (χ0n) is 11.4. The monoisotopic (exact) mass is 360 g/mol. The van der Waals surface area contributed by atoms with Crippen molar-refractivity contribution in [2.45, 2.75) is 30.1 Å². The average molecular weight is 361 g/mol. The Morgan fingerprint density at radius 1 is 1.32 bits per heavy atom. The van der Waals surface area contributed by atoms with E-state index in [1.807, 2.05) is 0 Å². The molecule has 1 aliphatic rings. The third-order valence-corrected chi connectivity index (χ3v) is 4.51. The van der Waals surface area contributed by atoms with Crippen molar-refractivity contribution in [3.05, 3.63) is 24.3 Å². The Hall–Kier alpha value is -1.03. The number of ether oxygens (including phenoxy) is 1. The Morgan fingerprint density at radius 2 is 2.00 bits per heavy atom. The summed E-state index contributed by atoms with van der Waals surface area (Å²) in [5.74, 6) is -0.739. The second kappa shape index (κ2) is 7.49. The number of sulfonamides is 1. The van der Waals surface area contributed by atoms with Crippen LogP contribution in [0.5, 0.6) is 5.75 Å². The van der Waals surface area contributed by atoms with Gasteiger partial charge in [0.15, 0.2) is 0 Å². The summed E-state index contributed by atoms with van der Waals surface area (Å²) in [7, 11) is -4.07. The minimum Gasteiger partial charge on any atom is -0.404 e. The van der Waals surface area contributed by atoms with Crippen molar-refractivity contribution >= 4 is 22.4 Å². The molecule has 1 aromatic rings. The molecule has 1 atom stereocenters. The van der Waals surface area contributed by atoms with E-state index in [1.165, 1.54) is 12.1 Å². The fraction of sp³-hybridized carbons (Fsp3) is 0.500. The van der Waals surface area contributed by atoms with Crippen LogP contribution in [0.2, 0.25) is 0 Å². The summed E-state index contributed by atoms with van der Waals surface area (Å²) in [5.41, 5.74) is 0. The number of rotatable bonds is 5. The Bertz CT molecular complexity index is 590. The van der Waals surface area contributed by atoms with Crippen LogP contribution in [0.3, 0.4) is 0 Å². The van der Waals surface area contributed by atoms with Gasteiger partial charge in [0.1, 0.15) is 10.6 Å². The Morgan fingerprint density at radius 3 is 2.59 bits per heavy atom. The first kappa shape index (κ1) is 19.0. The van der Waals surface area contributed by atoms with Gasteiger partial charge in [0.25, 0.3) is 0 Å². The molecule has 126 valence electrons. The van der Waals surface area contributed by atoms with Gasteiger partial charge in [-0.1, -0.05) is 12.1 Å². The highest BCUT2D eigenvalue weighted by molar-refractivity contribution is 7.89. The number of hydrogen-bond donors (Lipinski definition) is 2. The summed E-state index contributed by atoms with van der Waals surface area (Å²) in [5, 5.41) is 3.10. The van der Waals surface area contributed by atoms with Crippen molar-refractivity contribution in [2.24, 2.45) is 0 Å². The minimum atomic E-state index is -4.95. The van der Waals surface area contributed by atoms with Gasteiger partial charge in [0.05, 0.1) is 0 Å².